The van der Waals surface area contributed by atoms with E-state index >= 15 is 0 Å². The number of rotatable bonds is 6. The second-order valence-electron chi connectivity index (χ2n) is 14.5. The Morgan fingerprint density at radius 1 is 0.322 bits per heavy atom. The van der Waals surface area contributed by atoms with Crippen molar-refractivity contribution in [1.29, 1.82) is 0 Å². The van der Waals surface area contributed by atoms with Crippen molar-refractivity contribution in [3.8, 4) is 33.4 Å². The molecule has 9 aromatic rings. The number of benzene rings is 9. The van der Waals surface area contributed by atoms with Crippen LogP contribution in [0.5, 0.6) is 0 Å². The fourth-order valence-corrected chi connectivity index (χ4v) is 8.97. The monoisotopic (exact) mass is 758 g/mol. The van der Waals surface area contributed by atoms with Crippen LogP contribution < -0.4 is 10.2 Å². The molecule has 0 aliphatic heterocycles. The van der Waals surface area contributed by atoms with E-state index in [1.165, 1.54) is 55.6 Å². The molecule has 284 valence electrons. The zero-order valence-corrected chi connectivity index (χ0v) is 33.5. The Hall–Kier alpha value is -7.42. The van der Waals surface area contributed by atoms with Crippen molar-refractivity contribution in [2.24, 2.45) is 0 Å². The van der Waals surface area contributed by atoms with Crippen LogP contribution in [0.1, 0.15) is 36.1 Å². The molecule has 9 aromatic carbocycles. The van der Waals surface area contributed by atoms with Crippen LogP contribution in [0.25, 0.3) is 33.4 Å². The molecule has 0 saturated heterocycles. The molecule has 0 aromatic heterocycles. The standard InChI is InChI=1S/C49H34N2.C6H6.C2H6/c1-4-15-35(16-5-1)50-36-29-32-42-41-21-10-12-24-44(41)49(47(42)33-36)45-25-13-11-22-43(45)48-40(23-14-26-46(48)49)34-27-30-39(31-28-34)51(37-17-6-2-7-18-37)38-19-8-3-9-20-38;1-2-4-6-5-3-1;1-2/h1-33,50H;1-6H;1-2H3. The molecule has 1 N–H and O–H groups in total. The maximum Gasteiger partial charge on any atom is 0.0726 e. The molecule has 2 heteroatoms. The smallest absolute Gasteiger partial charge is 0.0726 e. The van der Waals surface area contributed by atoms with Crippen molar-refractivity contribution in [3.05, 3.63) is 259 Å². The molecule has 2 nitrogen and oxygen atoms in total. The summed E-state index contributed by atoms with van der Waals surface area (Å²) in [4.78, 5) is 2.32. The summed E-state index contributed by atoms with van der Waals surface area (Å²) in [7, 11) is 0. The number of fused-ring (bicyclic) bond motifs is 10. The largest absolute Gasteiger partial charge is 0.356 e. The maximum atomic E-state index is 3.69. The van der Waals surface area contributed by atoms with E-state index in [0.717, 1.165) is 28.4 Å². The fraction of sp³-hybridized carbons (Fsp3) is 0.0526. The highest BCUT2D eigenvalue weighted by Gasteiger charge is 2.52. The van der Waals surface area contributed by atoms with E-state index in [4.69, 9.17) is 0 Å². The van der Waals surface area contributed by atoms with E-state index in [9.17, 15) is 0 Å². The Balaban J connectivity index is 0.000000511. The lowest BCUT2D eigenvalue weighted by Gasteiger charge is -2.31. The van der Waals surface area contributed by atoms with Gasteiger partial charge in [-0.05, 0) is 116 Å². The van der Waals surface area contributed by atoms with Gasteiger partial charge in [0, 0.05) is 28.4 Å². The predicted octanol–water partition coefficient (Wildman–Crippen LogP) is 15.6. The van der Waals surface area contributed by atoms with Crippen molar-refractivity contribution in [2.75, 3.05) is 10.2 Å². The van der Waals surface area contributed by atoms with Gasteiger partial charge in [-0.1, -0.05) is 190 Å². The number of hydrogen-bond donors (Lipinski definition) is 1. The van der Waals surface area contributed by atoms with Crippen molar-refractivity contribution >= 4 is 28.4 Å². The van der Waals surface area contributed by atoms with Crippen LogP contribution in [-0.4, -0.2) is 0 Å². The molecule has 2 aliphatic rings. The Labute approximate surface area is 348 Å². The summed E-state index contributed by atoms with van der Waals surface area (Å²) in [6.07, 6.45) is 0. The minimum atomic E-state index is -0.431. The van der Waals surface area contributed by atoms with Gasteiger partial charge < -0.3 is 10.2 Å². The van der Waals surface area contributed by atoms with E-state index in [-0.39, 0.29) is 0 Å². The van der Waals surface area contributed by atoms with Gasteiger partial charge in [-0.3, -0.25) is 0 Å². The molecule has 11 rings (SSSR count). The maximum absolute atomic E-state index is 3.69. The molecular weight excluding hydrogens is 713 g/mol. The lowest BCUT2D eigenvalue weighted by Crippen LogP contribution is -2.26. The Kier molecular flexibility index (Phi) is 10.5. The molecule has 1 unspecified atom stereocenters. The van der Waals surface area contributed by atoms with Crippen molar-refractivity contribution in [1.82, 2.24) is 0 Å². The number of para-hydroxylation sites is 3. The van der Waals surface area contributed by atoms with Gasteiger partial charge in [0.15, 0.2) is 0 Å². The third kappa shape index (κ3) is 6.69. The van der Waals surface area contributed by atoms with Gasteiger partial charge in [-0.2, -0.15) is 0 Å². The first-order chi connectivity index (χ1) is 29.3. The van der Waals surface area contributed by atoms with Gasteiger partial charge in [0.2, 0.25) is 0 Å². The zero-order valence-electron chi connectivity index (χ0n) is 33.5. The van der Waals surface area contributed by atoms with Gasteiger partial charge in [-0.25, -0.2) is 0 Å². The van der Waals surface area contributed by atoms with Crippen molar-refractivity contribution < 1.29 is 0 Å². The SMILES string of the molecule is CC.c1ccc(Nc2ccc3c(c2)C2(c4ccccc4-3)c3ccccc3-c3c(-c4ccc(N(c5ccccc5)c5ccccc5)cc4)cccc32)cc1.c1ccccc1. The molecule has 1 atom stereocenters. The summed E-state index contributed by atoms with van der Waals surface area (Å²) in [6, 6.07) is 84.6. The summed E-state index contributed by atoms with van der Waals surface area (Å²) >= 11 is 0. The van der Waals surface area contributed by atoms with Crippen molar-refractivity contribution in [2.45, 2.75) is 19.3 Å². The van der Waals surface area contributed by atoms with Crippen LogP contribution in [0.2, 0.25) is 0 Å². The number of nitrogens with zero attached hydrogens (tertiary/aromatic N) is 1. The predicted molar refractivity (Wildman–Crippen MR) is 250 cm³/mol. The van der Waals surface area contributed by atoms with E-state index in [0.29, 0.717) is 0 Å². The summed E-state index contributed by atoms with van der Waals surface area (Å²) in [5, 5.41) is 3.69. The molecule has 0 heterocycles. The zero-order chi connectivity index (χ0) is 40.0. The number of anilines is 5. The Bertz CT molecular complexity index is 2730. The van der Waals surface area contributed by atoms with Gasteiger partial charge in [-0.15, -0.1) is 0 Å². The van der Waals surface area contributed by atoms with Gasteiger partial charge >= 0.3 is 0 Å². The Morgan fingerprint density at radius 3 is 1.37 bits per heavy atom. The van der Waals surface area contributed by atoms with Crippen LogP contribution in [-0.2, 0) is 5.41 Å². The molecule has 0 saturated carbocycles. The van der Waals surface area contributed by atoms with E-state index in [2.05, 4.69) is 210 Å². The normalized spacial score (nSPS) is 13.7. The lowest BCUT2D eigenvalue weighted by molar-refractivity contribution is 0.794. The van der Waals surface area contributed by atoms with Crippen LogP contribution in [0.4, 0.5) is 28.4 Å². The topological polar surface area (TPSA) is 15.3 Å². The van der Waals surface area contributed by atoms with Crippen LogP contribution in [0.15, 0.2) is 237 Å². The van der Waals surface area contributed by atoms with Crippen LogP contribution in [0.3, 0.4) is 0 Å². The van der Waals surface area contributed by atoms with E-state index in [1.54, 1.807) is 0 Å². The van der Waals surface area contributed by atoms with E-state index < -0.39 is 5.41 Å². The van der Waals surface area contributed by atoms with Crippen LogP contribution >= 0.6 is 0 Å². The molecule has 0 fully saturated rings. The molecule has 0 bridgehead atoms. The first-order valence-electron chi connectivity index (χ1n) is 20.6. The van der Waals surface area contributed by atoms with Crippen LogP contribution in [0, 0.1) is 0 Å². The molecule has 0 radical (unpaired) electrons. The summed E-state index contributed by atoms with van der Waals surface area (Å²) in [5.74, 6) is 0. The highest BCUT2D eigenvalue weighted by molar-refractivity contribution is 6.00. The first kappa shape index (κ1) is 37.2. The average Bonchev–Trinajstić information content (AvgIpc) is 3.79. The third-order valence-electron chi connectivity index (χ3n) is 11.3. The minimum Gasteiger partial charge on any atom is -0.356 e. The second-order valence-corrected chi connectivity index (χ2v) is 14.5. The average molecular weight is 759 g/mol. The van der Waals surface area contributed by atoms with Gasteiger partial charge in [0.05, 0.1) is 5.41 Å². The van der Waals surface area contributed by atoms with Gasteiger partial charge in [0.1, 0.15) is 0 Å². The highest BCUT2D eigenvalue weighted by Crippen LogP contribution is 2.64. The molecule has 2 aliphatic carbocycles. The number of nitrogens with one attached hydrogen (secondary N) is 1. The van der Waals surface area contributed by atoms with Crippen molar-refractivity contribution in [3.63, 3.8) is 0 Å². The lowest BCUT2D eigenvalue weighted by atomic mass is 9.70. The molecule has 1 spiro atoms. The summed E-state index contributed by atoms with van der Waals surface area (Å²) in [6.45, 7) is 4.00. The third-order valence-corrected chi connectivity index (χ3v) is 11.3. The minimum absolute atomic E-state index is 0.431. The quantitative estimate of drug-likeness (QED) is 0.182. The second kappa shape index (κ2) is 16.6. The van der Waals surface area contributed by atoms with E-state index in [1.807, 2.05) is 50.2 Å². The summed E-state index contributed by atoms with van der Waals surface area (Å²) < 4.78 is 0. The molecule has 59 heavy (non-hydrogen) atoms. The molecular formula is C57H46N2. The summed E-state index contributed by atoms with van der Waals surface area (Å²) in [5.41, 5.74) is 18.1. The highest BCUT2D eigenvalue weighted by atomic mass is 15.1. The van der Waals surface area contributed by atoms with Gasteiger partial charge in [0.25, 0.3) is 0 Å². The first-order valence-corrected chi connectivity index (χ1v) is 20.6. The number of hydrogen-bond acceptors (Lipinski definition) is 2. The molecule has 0 amide bonds. The Morgan fingerprint density at radius 2 is 0.763 bits per heavy atom. The fourth-order valence-electron chi connectivity index (χ4n) is 8.97.